The van der Waals surface area contributed by atoms with Gasteiger partial charge in [0, 0.05) is 12.4 Å². The summed E-state index contributed by atoms with van der Waals surface area (Å²) in [5, 5.41) is 8.50. The second-order valence-corrected chi connectivity index (χ2v) is 1.83. The lowest BCUT2D eigenvalue weighted by atomic mass is 10.0. The van der Waals surface area contributed by atoms with E-state index in [2.05, 4.69) is 9.97 Å². The first-order valence-corrected chi connectivity index (χ1v) is 2.71. The molecule has 0 saturated carbocycles. The van der Waals surface area contributed by atoms with Gasteiger partial charge in [0.25, 0.3) is 0 Å². The number of nitrogens with zero attached hydrogens (tertiary/aromatic N) is 2. The number of aliphatic hydroxyl groups is 1. The van der Waals surface area contributed by atoms with Gasteiger partial charge in [0.05, 0.1) is 0 Å². The van der Waals surface area contributed by atoms with Gasteiger partial charge in [-0.15, -0.1) is 0 Å². The fourth-order valence-electron chi connectivity index (χ4n) is 0.501. The van der Waals surface area contributed by atoms with Crippen LogP contribution in [0.2, 0.25) is 0 Å². The van der Waals surface area contributed by atoms with Gasteiger partial charge in [-0.05, 0) is 0 Å². The Morgan fingerprint density at radius 3 is 2.44 bits per heavy atom. The maximum absolute atomic E-state index is 8.50. The van der Waals surface area contributed by atoms with E-state index in [1.807, 2.05) is 7.85 Å². The molecular weight excluding hydrogens is 115 g/mol. The molecule has 0 unspecified atom stereocenters. The van der Waals surface area contributed by atoms with Crippen molar-refractivity contribution < 1.29 is 5.11 Å². The fraction of sp³-hybridized carbons (Fsp3) is 0.200. The molecule has 3 nitrogen and oxygen atoms in total. The zero-order valence-electron chi connectivity index (χ0n) is 5.20. The lowest BCUT2D eigenvalue weighted by Gasteiger charge is -1.92. The first-order chi connectivity index (χ1) is 4.33. The van der Waals surface area contributed by atoms with Gasteiger partial charge in [-0.25, -0.2) is 9.97 Å². The normalized spacial score (nSPS) is 9.44. The summed E-state index contributed by atoms with van der Waals surface area (Å²) in [6, 6.07) is 0. The Kier molecular flexibility index (Phi) is 1.79. The molecule has 9 heavy (non-hydrogen) atoms. The molecular formula is C5H7BN2O. The molecule has 0 aliphatic rings. The molecule has 0 aliphatic carbocycles. The van der Waals surface area contributed by atoms with Crippen LogP contribution in [0.5, 0.6) is 0 Å². The third kappa shape index (κ3) is 1.50. The molecule has 0 bridgehead atoms. The molecule has 46 valence electrons. The molecule has 0 atom stereocenters. The van der Waals surface area contributed by atoms with E-state index in [9.17, 15) is 0 Å². The minimum Gasteiger partial charge on any atom is -0.388 e. The minimum absolute atomic E-state index is 0.0831. The summed E-state index contributed by atoms with van der Waals surface area (Å²) in [6.45, 7) is -0.0831. The Labute approximate surface area is 54.2 Å². The van der Waals surface area contributed by atoms with Crippen LogP contribution in [0.3, 0.4) is 0 Å². The molecule has 0 saturated heterocycles. The van der Waals surface area contributed by atoms with Crippen LogP contribution in [0.15, 0.2) is 12.4 Å². The zero-order valence-corrected chi connectivity index (χ0v) is 5.20. The molecule has 0 aromatic carbocycles. The molecule has 0 fully saturated rings. The Morgan fingerprint density at radius 2 is 2.00 bits per heavy atom. The van der Waals surface area contributed by atoms with E-state index >= 15 is 0 Å². The van der Waals surface area contributed by atoms with Crippen molar-refractivity contribution in [3.8, 4) is 0 Å². The third-order valence-electron chi connectivity index (χ3n) is 0.976. The summed E-state index contributed by atoms with van der Waals surface area (Å²) < 4.78 is 0. The van der Waals surface area contributed by atoms with E-state index < -0.39 is 0 Å². The molecule has 1 N–H and O–H groups in total. The number of aromatic nitrogens is 2. The molecule has 0 amide bonds. The molecule has 1 aromatic rings. The maximum Gasteiger partial charge on any atom is 0.153 e. The minimum atomic E-state index is -0.0831. The van der Waals surface area contributed by atoms with Crippen molar-refractivity contribution in [1.82, 2.24) is 9.97 Å². The van der Waals surface area contributed by atoms with Crippen molar-refractivity contribution in [3.05, 3.63) is 18.2 Å². The Bertz CT molecular complexity index is 187. The van der Waals surface area contributed by atoms with Crippen molar-refractivity contribution in [2.24, 2.45) is 0 Å². The van der Waals surface area contributed by atoms with Crippen LogP contribution in [0.25, 0.3) is 0 Å². The van der Waals surface area contributed by atoms with Crippen molar-refractivity contribution in [3.63, 3.8) is 0 Å². The predicted molar refractivity (Wildman–Crippen MR) is 36.1 cm³/mol. The van der Waals surface area contributed by atoms with Crippen LogP contribution in [0.1, 0.15) is 5.82 Å². The molecule has 1 heterocycles. The van der Waals surface area contributed by atoms with Crippen molar-refractivity contribution in [2.75, 3.05) is 0 Å². The average molecular weight is 122 g/mol. The summed E-state index contributed by atoms with van der Waals surface area (Å²) in [6.07, 6.45) is 3.36. The van der Waals surface area contributed by atoms with Crippen LogP contribution in [-0.4, -0.2) is 22.9 Å². The van der Waals surface area contributed by atoms with Crippen LogP contribution in [-0.2, 0) is 6.61 Å². The smallest absolute Gasteiger partial charge is 0.153 e. The topological polar surface area (TPSA) is 46.0 Å². The van der Waals surface area contributed by atoms with Gasteiger partial charge in [0.15, 0.2) is 5.82 Å². The van der Waals surface area contributed by atoms with E-state index in [0.717, 1.165) is 5.46 Å². The van der Waals surface area contributed by atoms with Gasteiger partial charge in [-0.1, -0.05) is 5.46 Å². The van der Waals surface area contributed by atoms with Crippen LogP contribution in [0.4, 0.5) is 0 Å². The van der Waals surface area contributed by atoms with Crippen LogP contribution >= 0.6 is 0 Å². The highest BCUT2D eigenvalue weighted by molar-refractivity contribution is 6.31. The molecule has 1 rings (SSSR count). The highest BCUT2D eigenvalue weighted by Gasteiger charge is 1.89. The summed E-state index contributed by atoms with van der Waals surface area (Å²) in [7, 11) is 1.90. The first kappa shape index (κ1) is 6.23. The van der Waals surface area contributed by atoms with Crippen molar-refractivity contribution in [2.45, 2.75) is 6.61 Å². The zero-order chi connectivity index (χ0) is 6.69. The monoisotopic (exact) mass is 122 g/mol. The Morgan fingerprint density at radius 1 is 1.44 bits per heavy atom. The number of hydrogen-bond acceptors (Lipinski definition) is 3. The molecule has 0 aliphatic heterocycles. The second-order valence-electron chi connectivity index (χ2n) is 1.83. The quantitative estimate of drug-likeness (QED) is 0.448. The SMILES string of the molecule is Bc1cnc(CO)nc1. The Balaban J connectivity index is 2.88. The standard InChI is InChI=1S/C5H7BN2O/c6-4-1-7-5(3-9)8-2-4/h1-2,9H,3,6H2. The number of hydrogen-bond donors (Lipinski definition) is 1. The predicted octanol–water partition coefficient (Wildman–Crippen LogP) is -1.77. The van der Waals surface area contributed by atoms with Gasteiger partial charge in [-0.2, -0.15) is 0 Å². The van der Waals surface area contributed by atoms with Crippen molar-refractivity contribution >= 4 is 13.3 Å². The number of aliphatic hydroxyl groups excluding tert-OH is 1. The largest absolute Gasteiger partial charge is 0.388 e. The first-order valence-electron chi connectivity index (χ1n) is 2.71. The number of rotatable bonds is 1. The summed E-state index contributed by atoms with van der Waals surface area (Å²) in [4.78, 5) is 7.67. The highest BCUT2D eigenvalue weighted by Crippen LogP contribution is 1.81. The lowest BCUT2D eigenvalue weighted by molar-refractivity contribution is 0.271. The molecule has 1 aromatic heterocycles. The van der Waals surface area contributed by atoms with E-state index in [4.69, 9.17) is 5.11 Å². The van der Waals surface area contributed by atoms with Gasteiger partial charge in [0.1, 0.15) is 14.5 Å². The maximum atomic E-state index is 8.50. The second kappa shape index (κ2) is 2.59. The summed E-state index contributed by atoms with van der Waals surface area (Å²) >= 11 is 0. The van der Waals surface area contributed by atoms with Crippen LogP contribution in [0, 0.1) is 0 Å². The lowest BCUT2D eigenvalue weighted by Crippen LogP contribution is -2.06. The van der Waals surface area contributed by atoms with Gasteiger partial charge >= 0.3 is 0 Å². The fourth-order valence-corrected chi connectivity index (χ4v) is 0.501. The molecule has 0 radical (unpaired) electrons. The summed E-state index contributed by atoms with van der Waals surface area (Å²) in [5.74, 6) is 0.473. The van der Waals surface area contributed by atoms with Gasteiger partial charge < -0.3 is 5.11 Å². The van der Waals surface area contributed by atoms with Gasteiger partial charge in [0.2, 0.25) is 0 Å². The van der Waals surface area contributed by atoms with Crippen molar-refractivity contribution in [1.29, 1.82) is 0 Å². The Hall–Kier alpha value is -0.895. The van der Waals surface area contributed by atoms with Crippen LogP contribution < -0.4 is 5.46 Å². The van der Waals surface area contributed by atoms with E-state index in [1.54, 1.807) is 12.4 Å². The van der Waals surface area contributed by atoms with Gasteiger partial charge in [-0.3, -0.25) is 0 Å². The molecule has 0 spiro atoms. The summed E-state index contributed by atoms with van der Waals surface area (Å²) in [5.41, 5.74) is 1.01. The third-order valence-corrected chi connectivity index (χ3v) is 0.976. The van der Waals surface area contributed by atoms with E-state index in [-0.39, 0.29) is 6.61 Å². The van der Waals surface area contributed by atoms with E-state index in [0.29, 0.717) is 5.82 Å². The highest BCUT2D eigenvalue weighted by atomic mass is 16.3. The molecule has 4 heteroatoms. The van der Waals surface area contributed by atoms with E-state index in [1.165, 1.54) is 0 Å². The average Bonchev–Trinajstić information content (AvgIpc) is 1.90.